The lowest BCUT2D eigenvalue weighted by Gasteiger charge is -2.08. The molecule has 0 saturated heterocycles. The predicted octanol–water partition coefficient (Wildman–Crippen LogP) is 2.61. The summed E-state index contributed by atoms with van der Waals surface area (Å²) >= 11 is 5.47. The Kier molecular flexibility index (Phi) is 4.38. The predicted molar refractivity (Wildman–Crippen MR) is 57.9 cm³/mol. The molecule has 0 saturated carbocycles. The second-order valence-electron chi connectivity index (χ2n) is 3.20. The molecule has 6 nitrogen and oxygen atoms in total. The van der Waals surface area contributed by atoms with E-state index in [0.717, 1.165) is 18.2 Å². The second kappa shape index (κ2) is 5.31. The summed E-state index contributed by atoms with van der Waals surface area (Å²) in [6.45, 7) is -0.986. The Bertz CT molecular complexity index is 601. The summed E-state index contributed by atoms with van der Waals surface area (Å²) in [6.07, 6.45) is 0. The molecule has 0 aliphatic rings. The molecule has 0 aliphatic heterocycles. The van der Waals surface area contributed by atoms with Crippen molar-refractivity contribution in [2.75, 3.05) is 0 Å². The van der Waals surface area contributed by atoms with Crippen LogP contribution in [-0.4, -0.2) is 18.8 Å². The fourth-order valence-electron chi connectivity index (χ4n) is 1.00. The number of nitro groups is 1. The molecule has 1 rings (SSSR count). The Hall–Kier alpha value is -1.39. The first kappa shape index (κ1) is 15.7. The van der Waals surface area contributed by atoms with Gasteiger partial charge in [-0.25, -0.2) is 0 Å². The number of nitrogens with zero attached hydrogens (tertiary/aromatic N) is 1. The Balaban J connectivity index is 2.92. The van der Waals surface area contributed by atoms with Crippen LogP contribution >= 0.6 is 11.6 Å². The van der Waals surface area contributed by atoms with Crippen molar-refractivity contribution < 1.29 is 30.7 Å². The lowest BCUT2D eigenvalue weighted by Crippen LogP contribution is -2.25. The van der Waals surface area contributed by atoms with Crippen molar-refractivity contribution in [3.63, 3.8) is 0 Å². The monoisotopic (exact) mass is 319 g/mol. The molecule has 19 heavy (non-hydrogen) atoms. The van der Waals surface area contributed by atoms with Crippen molar-refractivity contribution in [2.24, 2.45) is 0 Å². The van der Waals surface area contributed by atoms with Gasteiger partial charge in [0.15, 0.2) is 0 Å². The van der Waals surface area contributed by atoms with E-state index < -0.39 is 32.8 Å². The van der Waals surface area contributed by atoms with E-state index in [2.05, 4.69) is 4.18 Å². The maximum Gasteiger partial charge on any atom is 0.523 e. The van der Waals surface area contributed by atoms with E-state index in [4.69, 9.17) is 11.6 Å². The maximum atomic E-state index is 12.0. The molecule has 0 unspecified atom stereocenters. The third kappa shape index (κ3) is 3.78. The minimum Gasteiger partial charge on any atom is -0.258 e. The third-order valence-electron chi connectivity index (χ3n) is 1.87. The van der Waals surface area contributed by atoms with Crippen LogP contribution in [0.25, 0.3) is 0 Å². The lowest BCUT2D eigenvalue weighted by atomic mass is 10.2. The molecule has 0 amide bonds. The van der Waals surface area contributed by atoms with Crippen LogP contribution in [0.15, 0.2) is 18.2 Å². The zero-order valence-corrected chi connectivity index (χ0v) is 10.4. The van der Waals surface area contributed by atoms with Crippen molar-refractivity contribution in [1.29, 1.82) is 0 Å². The molecule has 0 heterocycles. The van der Waals surface area contributed by atoms with Crippen molar-refractivity contribution in [3.8, 4) is 0 Å². The highest BCUT2D eigenvalue weighted by Crippen LogP contribution is 2.28. The van der Waals surface area contributed by atoms with E-state index in [-0.39, 0.29) is 10.6 Å². The minimum absolute atomic E-state index is 0.135. The average Bonchev–Trinajstić information content (AvgIpc) is 2.26. The number of benzene rings is 1. The number of halogens is 4. The topological polar surface area (TPSA) is 86.5 Å². The van der Waals surface area contributed by atoms with Crippen molar-refractivity contribution in [3.05, 3.63) is 38.9 Å². The smallest absolute Gasteiger partial charge is 0.258 e. The molecule has 106 valence electrons. The minimum atomic E-state index is -5.74. The fraction of sp³-hybridized carbons (Fsp3) is 0.250. The molecular formula is C8H5ClF3NO5S. The molecular weight excluding hydrogens is 315 g/mol. The number of alkyl halides is 3. The zero-order chi connectivity index (χ0) is 14.8. The van der Waals surface area contributed by atoms with E-state index in [1.807, 2.05) is 0 Å². The van der Waals surface area contributed by atoms with Crippen molar-refractivity contribution in [1.82, 2.24) is 0 Å². The summed E-state index contributed by atoms with van der Waals surface area (Å²) in [7, 11) is -5.74. The number of nitro benzene ring substituents is 1. The summed E-state index contributed by atoms with van der Waals surface area (Å²) in [6, 6.07) is 2.99. The van der Waals surface area contributed by atoms with Gasteiger partial charge in [-0.2, -0.15) is 21.6 Å². The van der Waals surface area contributed by atoms with Crippen LogP contribution in [0.4, 0.5) is 18.9 Å². The summed E-state index contributed by atoms with van der Waals surface area (Å²) < 4.78 is 60.8. The molecule has 1 aromatic rings. The van der Waals surface area contributed by atoms with Gasteiger partial charge < -0.3 is 0 Å². The highest BCUT2D eigenvalue weighted by molar-refractivity contribution is 7.87. The van der Waals surface area contributed by atoms with E-state index in [1.165, 1.54) is 0 Å². The number of rotatable bonds is 4. The zero-order valence-electron chi connectivity index (χ0n) is 8.85. The molecule has 0 spiro atoms. The van der Waals surface area contributed by atoms with Gasteiger partial charge in [0.2, 0.25) is 0 Å². The van der Waals surface area contributed by atoms with E-state index in [0.29, 0.717) is 0 Å². The summed E-state index contributed by atoms with van der Waals surface area (Å²) in [4.78, 5) is 9.66. The quantitative estimate of drug-likeness (QED) is 0.368. The first-order valence-electron chi connectivity index (χ1n) is 4.43. The molecule has 0 fully saturated rings. The van der Waals surface area contributed by atoms with Gasteiger partial charge in [-0.15, -0.1) is 0 Å². The largest absolute Gasteiger partial charge is 0.523 e. The first-order valence-corrected chi connectivity index (χ1v) is 6.22. The summed E-state index contributed by atoms with van der Waals surface area (Å²) in [5, 5.41) is 10.3. The maximum absolute atomic E-state index is 12.0. The van der Waals surface area contributed by atoms with E-state index in [1.54, 1.807) is 0 Å². The SMILES string of the molecule is O=[N+]([O-])c1cc(COS(=O)(=O)C(F)(F)F)ccc1Cl. The van der Waals surface area contributed by atoms with Gasteiger partial charge in [-0.1, -0.05) is 17.7 Å². The van der Waals surface area contributed by atoms with Crippen LogP contribution in [0.2, 0.25) is 5.02 Å². The molecule has 1 aromatic carbocycles. The summed E-state index contributed by atoms with van der Waals surface area (Å²) in [5.74, 6) is 0. The van der Waals surface area contributed by atoms with Crippen LogP contribution in [0.3, 0.4) is 0 Å². The standard InChI is InChI=1S/C8H5ClF3NO5S/c9-6-2-1-5(3-7(6)13(14)15)4-18-19(16,17)8(10,11)12/h1-3H,4H2. The second-order valence-corrected chi connectivity index (χ2v) is 5.22. The molecule has 0 aliphatic carbocycles. The molecule has 0 N–H and O–H groups in total. The molecule has 0 atom stereocenters. The van der Waals surface area contributed by atoms with Crippen LogP contribution in [-0.2, 0) is 20.9 Å². The Morgan fingerprint density at radius 2 is 1.95 bits per heavy atom. The molecule has 0 bridgehead atoms. The number of hydrogen-bond donors (Lipinski definition) is 0. The summed E-state index contributed by atoms with van der Waals surface area (Å²) in [5.41, 5.74) is -6.25. The van der Waals surface area contributed by atoms with Gasteiger partial charge in [-0.05, 0) is 11.6 Å². The Morgan fingerprint density at radius 1 is 1.37 bits per heavy atom. The van der Waals surface area contributed by atoms with E-state index >= 15 is 0 Å². The van der Waals surface area contributed by atoms with Gasteiger partial charge in [-0.3, -0.25) is 14.3 Å². The molecule has 11 heteroatoms. The number of hydrogen-bond acceptors (Lipinski definition) is 5. The lowest BCUT2D eigenvalue weighted by molar-refractivity contribution is -0.384. The Morgan fingerprint density at radius 3 is 2.42 bits per heavy atom. The van der Waals surface area contributed by atoms with Gasteiger partial charge in [0.1, 0.15) is 5.02 Å². The van der Waals surface area contributed by atoms with Crippen LogP contribution < -0.4 is 0 Å². The van der Waals surface area contributed by atoms with Gasteiger partial charge in [0, 0.05) is 6.07 Å². The van der Waals surface area contributed by atoms with Crippen molar-refractivity contribution in [2.45, 2.75) is 12.1 Å². The van der Waals surface area contributed by atoms with E-state index in [9.17, 15) is 31.7 Å². The fourth-order valence-corrected chi connectivity index (χ4v) is 1.61. The van der Waals surface area contributed by atoms with Gasteiger partial charge in [0.05, 0.1) is 11.5 Å². The highest BCUT2D eigenvalue weighted by Gasteiger charge is 2.47. The Labute approximate surface area is 110 Å². The normalized spacial score (nSPS) is 12.4. The highest BCUT2D eigenvalue weighted by atomic mass is 35.5. The van der Waals surface area contributed by atoms with Crippen LogP contribution in [0, 0.1) is 10.1 Å². The first-order chi connectivity index (χ1) is 8.54. The van der Waals surface area contributed by atoms with Crippen molar-refractivity contribution >= 4 is 27.4 Å². The molecule has 0 aromatic heterocycles. The average molecular weight is 320 g/mol. The van der Waals surface area contributed by atoms with Gasteiger partial charge in [0.25, 0.3) is 5.69 Å². The van der Waals surface area contributed by atoms with Gasteiger partial charge >= 0.3 is 15.6 Å². The van der Waals surface area contributed by atoms with Crippen LogP contribution in [0.5, 0.6) is 0 Å². The molecule has 0 radical (unpaired) electrons. The van der Waals surface area contributed by atoms with Crippen LogP contribution in [0.1, 0.15) is 5.56 Å². The third-order valence-corrected chi connectivity index (χ3v) is 3.19.